The molecule has 0 spiro atoms. The van der Waals surface area contributed by atoms with Crippen molar-refractivity contribution in [2.24, 2.45) is 11.0 Å². The van der Waals surface area contributed by atoms with E-state index >= 15 is 0 Å². The lowest BCUT2D eigenvalue weighted by molar-refractivity contribution is 0.0955. The van der Waals surface area contributed by atoms with Gasteiger partial charge in [0.25, 0.3) is 5.91 Å². The quantitative estimate of drug-likeness (QED) is 0.272. The van der Waals surface area contributed by atoms with Gasteiger partial charge in [0, 0.05) is 16.2 Å². The summed E-state index contributed by atoms with van der Waals surface area (Å²) in [4.78, 5) is 13.5. The highest BCUT2D eigenvalue weighted by Gasteiger charge is 2.04. The first kappa shape index (κ1) is 21.7. The number of amides is 1. The van der Waals surface area contributed by atoms with Gasteiger partial charge in [0.05, 0.1) is 12.8 Å². The van der Waals surface area contributed by atoms with Gasteiger partial charge in [-0.15, -0.1) is 11.8 Å². The van der Waals surface area contributed by atoms with E-state index in [1.54, 1.807) is 18.0 Å². The predicted octanol–water partition coefficient (Wildman–Crippen LogP) is 5.78. The van der Waals surface area contributed by atoms with Crippen LogP contribution in [0.2, 0.25) is 0 Å². The number of rotatable bonds is 9. The van der Waals surface area contributed by atoms with Gasteiger partial charge in [-0.3, -0.25) is 4.79 Å². The fourth-order valence-electron chi connectivity index (χ4n) is 2.58. The standard InChI is InChI=1S/C25H26N2O2S/c1-19(2)17-29-23-14-10-20(11-15-23)16-26-27-25(28)22-12-8-21(9-13-22)18-30-24-6-4-3-5-7-24/h3-16,19H,17-18H2,1-2H3,(H,27,28)/b26-16-. The van der Waals surface area contributed by atoms with E-state index in [1.165, 1.54) is 10.5 Å². The van der Waals surface area contributed by atoms with Crippen molar-refractivity contribution in [3.63, 3.8) is 0 Å². The lowest BCUT2D eigenvalue weighted by Gasteiger charge is -2.08. The molecule has 1 amide bonds. The monoisotopic (exact) mass is 418 g/mol. The topological polar surface area (TPSA) is 50.7 Å². The van der Waals surface area contributed by atoms with Crippen LogP contribution in [0.3, 0.4) is 0 Å². The van der Waals surface area contributed by atoms with Gasteiger partial charge in [0.2, 0.25) is 0 Å². The molecule has 0 aliphatic carbocycles. The van der Waals surface area contributed by atoms with Gasteiger partial charge >= 0.3 is 0 Å². The van der Waals surface area contributed by atoms with Gasteiger partial charge in [-0.25, -0.2) is 5.43 Å². The summed E-state index contributed by atoms with van der Waals surface area (Å²) in [7, 11) is 0. The Labute approximate surface area is 182 Å². The van der Waals surface area contributed by atoms with Gasteiger partial charge in [0.15, 0.2) is 0 Å². The van der Waals surface area contributed by atoms with Crippen molar-refractivity contribution in [3.05, 3.63) is 95.6 Å². The number of carbonyl (C=O) groups excluding carboxylic acids is 1. The number of hydrogen-bond donors (Lipinski definition) is 1. The second kappa shape index (κ2) is 11.2. The molecule has 0 atom stereocenters. The van der Waals surface area contributed by atoms with E-state index in [1.807, 2.05) is 66.7 Å². The maximum Gasteiger partial charge on any atom is 0.271 e. The summed E-state index contributed by atoms with van der Waals surface area (Å²) >= 11 is 1.77. The molecule has 3 aromatic carbocycles. The summed E-state index contributed by atoms with van der Waals surface area (Å²) < 4.78 is 5.66. The molecule has 30 heavy (non-hydrogen) atoms. The SMILES string of the molecule is CC(C)COc1ccc(/C=N\NC(=O)c2ccc(CSc3ccccc3)cc2)cc1. The van der Waals surface area contributed by atoms with Crippen LogP contribution in [0.5, 0.6) is 5.75 Å². The minimum Gasteiger partial charge on any atom is -0.493 e. The van der Waals surface area contributed by atoms with Crippen LogP contribution in [0.4, 0.5) is 0 Å². The number of ether oxygens (including phenoxy) is 1. The molecule has 0 radical (unpaired) electrons. The molecule has 3 rings (SSSR count). The fourth-order valence-corrected chi connectivity index (χ4v) is 3.45. The molecule has 0 saturated heterocycles. The second-order valence-corrected chi connectivity index (χ2v) is 8.32. The van der Waals surface area contributed by atoms with Crippen LogP contribution in [-0.4, -0.2) is 18.7 Å². The highest BCUT2D eigenvalue weighted by molar-refractivity contribution is 7.98. The fraction of sp³-hybridized carbons (Fsp3) is 0.200. The van der Waals surface area contributed by atoms with Crippen LogP contribution in [0.15, 0.2) is 88.9 Å². The predicted molar refractivity (Wildman–Crippen MR) is 124 cm³/mol. The summed E-state index contributed by atoms with van der Waals surface area (Å²) in [5, 5.41) is 4.05. The Morgan fingerprint density at radius 1 is 1.00 bits per heavy atom. The number of nitrogens with one attached hydrogen (secondary N) is 1. The number of hydrazone groups is 1. The van der Waals surface area contributed by atoms with Crippen molar-refractivity contribution in [1.29, 1.82) is 0 Å². The molecule has 4 nitrogen and oxygen atoms in total. The summed E-state index contributed by atoms with van der Waals surface area (Å²) in [6.45, 7) is 4.91. The highest BCUT2D eigenvalue weighted by atomic mass is 32.2. The maximum atomic E-state index is 12.3. The molecule has 3 aromatic rings. The Morgan fingerprint density at radius 2 is 1.70 bits per heavy atom. The van der Waals surface area contributed by atoms with Crippen molar-refractivity contribution >= 4 is 23.9 Å². The molecule has 0 aliphatic heterocycles. The van der Waals surface area contributed by atoms with Gasteiger partial charge < -0.3 is 4.74 Å². The zero-order valence-electron chi connectivity index (χ0n) is 17.2. The minimum atomic E-state index is -0.231. The van der Waals surface area contributed by atoms with Gasteiger partial charge in [-0.05, 0) is 65.6 Å². The first-order valence-corrected chi connectivity index (χ1v) is 10.9. The number of carbonyl (C=O) groups is 1. The molecule has 0 heterocycles. The molecular formula is C25H26N2O2S. The average Bonchev–Trinajstić information content (AvgIpc) is 2.78. The molecule has 0 unspecified atom stereocenters. The summed E-state index contributed by atoms with van der Waals surface area (Å²) in [6, 6.07) is 25.5. The molecule has 0 aromatic heterocycles. The third-order valence-corrected chi connectivity index (χ3v) is 5.29. The first-order chi connectivity index (χ1) is 14.6. The van der Waals surface area contributed by atoms with Crippen LogP contribution < -0.4 is 10.2 Å². The molecule has 1 N–H and O–H groups in total. The third kappa shape index (κ3) is 7.08. The molecule has 0 aliphatic rings. The highest BCUT2D eigenvalue weighted by Crippen LogP contribution is 2.22. The average molecular weight is 419 g/mol. The van der Waals surface area contributed by atoms with Crippen molar-refractivity contribution in [2.45, 2.75) is 24.5 Å². The van der Waals surface area contributed by atoms with Gasteiger partial charge in [-0.1, -0.05) is 44.2 Å². The molecular weight excluding hydrogens is 392 g/mol. The Balaban J connectivity index is 1.47. The number of thioether (sulfide) groups is 1. The maximum absolute atomic E-state index is 12.3. The number of benzene rings is 3. The minimum absolute atomic E-state index is 0.231. The van der Waals surface area contributed by atoms with Crippen LogP contribution in [0, 0.1) is 5.92 Å². The third-order valence-electron chi connectivity index (χ3n) is 4.21. The van der Waals surface area contributed by atoms with E-state index in [0.717, 1.165) is 17.1 Å². The van der Waals surface area contributed by atoms with E-state index < -0.39 is 0 Å². The Hall–Kier alpha value is -3.05. The smallest absolute Gasteiger partial charge is 0.271 e. The largest absolute Gasteiger partial charge is 0.493 e. The summed E-state index contributed by atoms with van der Waals surface area (Å²) in [5.41, 5.74) is 5.21. The van der Waals surface area contributed by atoms with Crippen LogP contribution in [0.25, 0.3) is 0 Å². The second-order valence-electron chi connectivity index (χ2n) is 7.27. The number of hydrogen-bond acceptors (Lipinski definition) is 4. The molecule has 0 bridgehead atoms. The molecule has 5 heteroatoms. The Kier molecular flexibility index (Phi) is 8.10. The number of nitrogens with zero attached hydrogens (tertiary/aromatic N) is 1. The van der Waals surface area contributed by atoms with Crippen LogP contribution in [-0.2, 0) is 5.75 Å². The summed E-state index contributed by atoms with van der Waals surface area (Å²) in [6.07, 6.45) is 1.62. The summed E-state index contributed by atoms with van der Waals surface area (Å²) in [5.74, 6) is 1.94. The van der Waals surface area contributed by atoms with E-state index in [0.29, 0.717) is 18.1 Å². The van der Waals surface area contributed by atoms with Crippen molar-refractivity contribution in [2.75, 3.05) is 6.61 Å². The molecule has 0 saturated carbocycles. The van der Waals surface area contributed by atoms with E-state index in [-0.39, 0.29) is 5.91 Å². The van der Waals surface area contributed by atoms with Crippen molar-refractivity contribution in [3.8, 4) is 5.75 Å². The zero-order valence-corrected chi connectivity index (χ0v) is 18.1. The van der Waals surface area contributed by atoms with E-state index in [4.69, 9.17) is 4.74 Å². The Morgan fingerprint density at radius 3 is 2.37 bits per heavy atom. The molecule has 154 valence electrons. The molecule has 0 fully saturated rings. The van der Waals surface area contributed by atoms with Crippen LogP contribution in [0.1, 0.15) is 35.3 Å². The zero-order chi connectivity index (χ0) is 21.2. The van der Waals surface area contributed by atoms with Gasteiger partial charge in [0.1, 0.15) is 5.75 Å². The van der Waals surface area contributed by atoms with Gasteiger partial charge in [-0.2, -0.15) is 5.10 Å². The normalized spacial score (nSPS) is 11.0. The van der Waals surface area contributed by atoms with Crippen LogP contribution >= 0.6 is 11.8 Å². The lowest BCUT2D eigenvalue weighted by Crippen LogP contribution is -2.17. The van der Waals surface area contributed by atoms with Crippen molar-refractivity contribution in [1.82, 2.24) is 5.43 Å². The van der Waals surface area contributed by atoms with E-state index in [9.17, 15) is 4.79 Å². The first-order valence-electron chi connectivity index (χ1n) is 9.93. The lowest BCUT2D eigenvalue weighted by atomic mass is 10.1. The van der Waals surface area contributed by atoms with E-state index in [2.05, 4.69) is 36.5 Å². The Bertz CT molecular complexity index is 953. The van der Waals surface area contributed by atoms with Crippen molar-refractivity contribution < 1.29 is 9.53 Å².